The molecule has 0 saturated carbocycles. The van der Waals surface area contributed by atoms with E-state index in [2.05, 4.69) is 13.8 Å². The van der Waals surface area contributed by atoms with E-state index in [1.54, 1.807) is 0 Å². The molecule has 0 amide bonds. The zero-order valence-corrected chi connectivity index (χ0v) is 18.6. The lowest BCUT2D eigenvalue weighted by molar-refractivity contribution is -0.156. The molecule has 5 nitrogen and oxygen atoms in total. The summed E-state index contributed by atoms with van der Waals surface area (Å²) in [5.74, 6) is -0.495. The van der Waals surface area contributed by atoms with Crippen LogP contribution in [0.4, 0.5) is 0 Å². The summed E-state index contributed by atoms with van der Waals surface area (Å²) < 4.78 is 15.3. The van der Waals surface area contributed by atoms with Crippen molar-refractivity contribution < 1.29 is 23.8 Å². The molecule has 0 aliphatic carbocycles. The molecule has 0 rings (SSSR count). The molecule has 0 aromatic carbocycles. The molecular weight excluding hydrogens is 356 g/mol. The van der Waals surface area contributed by atoms with E-state index in [1.807, 2.05) is 6.92 Å². The molecule has 1 atom stereocenters. The van der Waals surface area contributed by atoms with Crippen molar-refractivity contribution in [3.05, 3.63) is 0 Å². The smallest absolute Gasteiger partial charge is 0.332 e. The van der Waals surface area contributed by atoms with Gasteiger partial charge in [0.25, 0.3) is 0 Å². The van der Waals surface area contributed by atoms with Crippen LogP contribution in [-0.2, 0) is 23.8 Å². The van der Waals surface area contributed by atoms with Gasteiger partial charge in [-0.15, -0.1) is 0 Å². The van der Waals surface area contributed by atoms with Crippen LogP contribution in [-0.4, -0.2) is 38.4 Å². The summed E-state index contributed by atoms with van der Waals surface area (Å²) in [6.45, 7) is 6.83. The first kappa shape index (κ1) is 26.9. The van der Waals surface area contributed by atoms with Gasteiger partial charge in [-0.1, -0.05) is 91.4 Å². The second-order valence-electron chi connectivity index (χ2n) is 7.83. The SMILES string of the molecule is CCCCCCCCCCCCCOC(=O)COCC(=O)OCC(C)CCC. The van der Waals surface area contributed by atoms with Crippen LogP contribution >= 0.6 is 0 Å². The third-order valence-corrected chi connectivity index (χ3v) is 4.76. The first-order valence-electron chi connectivity index (χ1n) is 11.5. The van der Waals surface area contributed by atoms with Gasteiger partial charge in [-0.3, -0.25) is 0 Å². The van der Waals surface area contributed by atoms with E-state index in [9.17, 15) is 9.59 Å². The molecule has 5 heteroatoms. The van der Waals surface area contributed by atoms with Gasteiger partial charge in [0.15, 0.2) is 0 Å². The van der Waals surface area contributed by atoms with E-state index < -0.39 is 11.9 Å². The van der Waals surface area contributed by atoms with E-state index >= 15 is 0 Å². The van der Waals surface area contributed by atoms with Crippen LogP contribution in [0.1, 0.15) is 104 Å². The summed E-state index contributed by atoms with van der Waals surface area (Å²) in [7, 11) is 0. The number of carbonyl (C=O) groups excluding carboxylic acids is 2. The van der Waals surface area contributed by atoms with Gasteiger partial charge in [0.1, 0.15) is 13.2 Å². The molecule has 0 bridgehead atoms. The Kier molecular flexibility index (Phi) is 19.8. The lowest BCUT2D eigenvalue weighted by Crippen LogP contribution is -2.20. The van der Waals surface area contributed by atoms with Crippen molar-refractivity contribution in [2.45, 2.75) is 104 Å². The van der Waals surface area contributed by atoms with Gasteiger partial charge in [0.05, 0.1) is 13.2 Å². The fraction of sp³-hybridized carbons (Fsp3) is 0.913. The molecule has 1 unspecified atom stereocenters. The Morgan fingerprint density at radius 2 is 1.18 bits per heavy atom. The zero-order chi connectivity index (χ0) is 20.9. The highest BCUT2D eigenvalue weighted by Gasteiger charge is 2.09. The largest absolute Gasteiger partial charge is 0.464 e. The molecule has 0 saturated heterocycles. The molecule has 0 fully saturated rings. The van der Waals surface area contributed by atoms with Crippen molar-refractivity contribution in [3.63, 3.8) is 0 Å². The lowest BCUT2D eigenvalue weighted by Gasteiger charge is -2.11. The standard InChI is InChI=1S/C23H44O5/c1-4-6-7-8-9-10-11-12-13-14-15-17-27-22(24)19-26-20-23(25)28-18-21(3)16-5-2/h21H,4-20H2,1-3H3. The number of carbonyl (C=O) groups is 2. The number of esters is 2. The van der Waals surface area contributed by atoms with E-state index in [1.165, 1.54) is 57.8 Å². The van der Waals surface area contributed by atoms with Gasteiger partial charge in [-0.25, -0.2) is 9.59 Å². The molecule has 166 valence electrons. The minimum absolute atomic E-state index is 0.197. The Bertz CT molecular complexity index is 370. The van der Waals surface area contributed by atoms with Crippen LogP contribution in [0.3, 0.4) is 0 Å². The predicted molar refractivity (Wildman–Crippen MR) is 113 cm³/mol. The number of hydrogen-bond donors (Lipinski definition) is 0. The zero-order valence-electron chi connectivity index (χ0n) is 18.6. The van der Waals surface area contributed by atoms with Crippen molar-refractivity contribution in [2.24, 2.45) is 5.92 Å². The van der Waals surface area contributed by atoms with Gasteiger partial charge >= 0.3 is 11.9 Å². The number of hydrogen-bond acceptors (Lipinski definition) is 5. The Morgan fingerprint density at radius 3 is 1.71 bits per heavy atom. The maximum absolute atomic E-state index is 11.6. The molecule has 0 spiro atoms. The minimum atomic E-state index is -0.430. The first-order valence-corrected chi connectivity index (χ1v) is 11.5. The molecular formula is C23H44O5. The van der Waals surface area contributed by atoms with Gasteiger partial charge < -0.3 is 14.2 Å². The average Bonchev–Trinajstić information content (AvgIpc) is 2.67. The Morgan fingerprint density at radius 1 is 0.679 bits per heavy atom. The van der Waals surface area contributed by atoms with Crippen LogP contribution in [0.5, 0.6) is 0 Å². The second kappa shape index (κ2) is 20.6. The third kappa shape index (κ3) is 19.7. The Balaban J connectivity index is 3.34. The van der Waals surface area contributed by atoms with E-state index in [0.717, 1.165) is 25.7 Å². The second-order valence-corrected chi connectivity index (χ2v) is 7.83. The quantitative estimate of drug-likeness (QED) is 0.190. The van der Waals surface area contributed by atoms with E-state index in [0.29, 0.717) is 19.1 Å². The van der Waals surface area contributed by atoms with Gasteiger partial charge in [0, 0.05) is 0 Å². The fourth-order valence-corrected chi connectivity index (χ4v) is 3.06. The summed E-state index contributed by atoms with van der Waals surface area (Å²) in [4.78, 5) is 23.1. The topological polar surface area (TPSA) is 61.8 Å². The van der Waals surface area contributed by atoms with Gasteiger partial charge in [-0.2, -0.15) is 0 Å². The Labute approximate surface area is 172 Å². The molecule has 0 aliphatic rings. The normalized spacial score (nSPS) is 12.0. The Hall–Kier alpha value is -1.10. The highest BCUT2D eigenvalue weighted by Crippen LogP contribution is 2.11. The number of ether oxygens (including phenoxy) is 3. The molecule has 0 radical (unpaired) electrons. The number of rotatable bonds is 20. The van der Waals surface area contributed by atoms with E-state index in [4.69, 9.17) is 14.2 Å². The van der Waals surface area contributed by atoms with Crippen LogP contribution < -0.4 is 0 Å². The van der Waals surface area contributed by atoms with Crippen molar-refractivity contribution in [2.75, 3.05) is 26.4 Å². The molecule has 0 aromatic rings. The molecule has 0 N–H and O–H groups in total. The lowest BCUT2D eigenvalue weighted by atomic mass is 10.1. The van der Waals surface area contributed by atoms with Crippen molar-refractivity contribution in [1.29, 1.82) is 0 Å². The van der Waals surface area contributed by atoms with Crippen molar-refractivity contribution >= 4 is 11.9 Å². The van der Waals surface area contributed by atoms with Crippen LogP contribution in [0.25, 0.3) is 0 Å². The first-order chi connectivity index (χ1) is 13.6. The summed E-state index contributed by atoms with van der Waals surface area (Å²) in [6, 6.07) is 0. The van der Waals surface area contributed by atoms with Gasteiger partial charge in [-0.05, 0) is 18.8 Å². The third-order valence-electron chi connectivity index (χ3n) is 4.76. The highest BCUT2D eigenvalue weighted by molar-refractivity contribution is 5.73. The van der Waals surface area contributed by atoms with E-state index in [-0.39, 0.29) is 13.2 Å². The maximum Gasteiger partial charge on any atom is 0.332 e. The summed E-state index contributed by atoms with van der Waals surface area (Å²) in [6.07, 6.45) is 16.0. The number of unbranched alkanes of at least 4 members (excludes halogenated alkanes) is 10. The van der Waals surface area contributed by atoms with Crippen LogP contribution in [0, 0.1) is 5.92 Å². The fourth-order valence-electron chi connectivity index (χ4n) is 3.06. The molecule has 28 heavy (non-hydrogen) atoms. The monoisotopic (exact) mass is 400 g/mol. The maximum atomic E-state index is 11.6. The van der Waals surface area contributed by atoms with Crippen LogP contribution in [0.2, 0.25) is 0 Å². The summed E-state index contributed by atoms with van der Waals surface area (Å²) >= 11 is 0. The van der Waals surface area contributed by atoms with Crippen molar-refractivity contribution in [1.82, 2.24) is 0 Å². The summed E-state index contributed by atoms with van der Waals surface area (Å²) in [5.41, 5.74) is 0. The molecule has 0 aliphatic heterocycles. The minimum Gasteiger partial charge on any atom is -0.464 e. The summed E-state index contributed by atoms with van der Waals surface area (Å²) in [5, 5.41) is 0. The predicted octanol–water partition coefficient (Wildman–Crippen LogP) is 5.84. The van der Waals surface area contributed by atoms with Crippen molar-refractivity contribution in [3.8, 4) is 0 Å². The molecule has 0 heterocycles. The highest BCUT2D eigenvalue weighted by atomic mass is 16.6. The van der Waals surface area contributed by atoms with Gasteiger partial charge in [0.2, 0.25) is 0 Å². The molecule has 0 aromatic heterocycles. The van der Waals surface area contributed by atoms with Crippen LogP contribution in [0.15, 0.2) is 0 Å². The average molecular weight is 401 g/mol.